The predicted octanol–water partition coefficient (Wildman–Crippen LogP) is 1.93. The zero-order valence-electron chi connectivity index (χ0n) is 8.86. The van der Waals surface area contributed by atoms with Crippen LogP contribution >= 0.6 is 0 Å². The summed E-state index contributed by atoms with van der Waals surface area (Å²) in [6, 6.07) is 7.78. The highest BCUT2D eigenvalue weighted by Gasteiger charge is 2.23. The van der Waals surface area contributed by atoms with Crippen LogP contribution in [0, 0.1) is 11.8 Å². The molecular weight excluding hydrogens is 186 g/mol. The van der Waals surface area contributed by atoms with Gasteiger partial charge in [-0.25, -0.2) is 0 Å². The second-order valence-electron chi connectivity index (χ2n) is 3.90. The van der Waals surface area contributed by atoms with Gasteiger partial charge in [0.05, 0.1) is 12.1 Å². The minimum atomic E-state index is -0.0765. The van der Waals surface area contributed by atoms with Crippen LogP contribution in [0.15, 0.2) is 24.3 Å². The fourth-order valence-electron chi connectivity index (χ4n) is 1.19. The summed E-state index contributed by atoms with van der Waals surface area (Å²) in [5.74, 6) is 6.87. The van der Waals surface area contributed by atoms with E-state index in [1.54, 1.807) is 0 Å². The van der Waals surface area contributed by atoms with Crippen molar-refractivity contribution >= 4 is 0 Å². The maximum absolute atomic E-state index is 5.63. The third-order valence-corrected chi connectivity index (χ3v) is 2.13. The molecule has 0 amide bonds. The lowest BCUT2D eigenvalue weighted by molar-refractivity contribution is 0.303. The quantitative estimate of drug-likeness (QED) is 0.742. The van der Waals surface area contributed by atoms with Gasteiger partial charge in [-0.2, -0.15) is 0 Å². The van der Waals surface area contributed by atoms with Gasteiger partial charge in [-0.1, -0.05) is 11.8 Å². The molecule has 1 saturated carbocycles. The number of nitrogens with two attached hydrogens (primary N) is 1. The molecule has 78 valence electrons. The summed E-state index contributed by atoms with van der Waals surface area (Å²) in [6.07, 6.45) is 2.82. The normalized spacial score (nSPS) is 16.4. The summed E-state index contributed by atoms with van der Waals surface area (Å²) in [5, 5.41) is 0. The molecule has 0 heterocycles. The summed E-state index contributed by atoms with van der Waals surface area (Å²) in [6.45, 7) is 1.87. The predicted molar refractivity (Wildman–Crippen MR) is 60.6 cm³/mol. The molecule has 0 saturated heterocycles. The molecule has 0 aromatic heterocycles. The maximum Gasteiger partial charge on any atom is 0.119 e. The van der Waals surface area contributed by atoms with Gasteiger partial charge >= 0.3 is 0 Å². The molecule has 0 radical (unpaired) electrons. The summed E-state index contributed by atoms with van der Waals surface area (Å²) < 4.78 is 5.63. The second kappa shape index (κ2) is 4.37. The van der Waals surface area contributed by atoms with E-state index in [0.717, 1.165) is 11.3 Å². The molecule has 0 aliphatic heterocycles. The van der Waals surface area contributed by atoms with E-state index < -0.39 is 0 Å². The van der Waals surface area contributed by atoms with Crippen molar-refractivity contribution in [2.24, 2.45) is 5.73 Å². The van der Waals surface area contributed by atoms with Gasteiger partial charge in [0.25, 0.3) is 0 Å². The van der Waals surface area contributed by atoms with Crippen LogP contribution in [-0.2, 0) is 0 Å². The SMILES string of the molecule is CC(N)C#Cc1ccc(OC2CC2)cc1. The van der Waals surface area contributed by atoms with Crippen LogP contribution in [-0.4, -0.2) is 12.1 Å². The van der Waals surface area contributed by atoms with E-state index in [1.807, 2.05) is 31.2 Å². The van der Waals surface area contributed by atoms with Crippen LogP contribution in [0.2, 0.25) is 0 Å². The van der Waals surface area contributed by atoms with Crippen LogP contribution in [0.25, 0.3) is 0 Å². The molecule has 2 rings (SSSR count). The summed E-state index contributed by atoms with van der Waals surface area (Å²) >= 11 is 0. The smallest absolute Gasteiger partial charge is 0.119 e. The Morgan fingerprint density at radius 1 is 1.33 bits per heavy atom. The van der Waals surface area contributed by atoms with E-state index in [9.17, 15) is 0 Å². The number of rotatable bonds is 2. The standard InChI is InChI=1S/C13H15NO/c1-10(14)2-3-11-4-6-12(7-5-11)15-13-8-9-13/h4-7,10,13H,8-9,14H2,1H3. The molecule has 2 N–H and O–H groups in total. The molecule has 1 aromatic rings. The lowest BCUT2D eigenvalue weighted by atomic mass is 10.2. The Morgan fingerprint density at radius 3 is 2.53 bits per heavy atom. The monoisotopic (exact) mass is 201 g/mol. The second-order valence-corrected chi connectivity index (χ2v) is 3.90. The average molecular weight is 201 g/mol. The number of hydrogen-bond donors (Lipinski definition) is 1. The molecular formula is C13H15NO. The van der Waals surface area contributed by atoms with Gasteiger partial charge < -0.3 is 10.5 Å². The summed E-state index contributed by atoms with van der Waals surface area (Å²) in [4.78, 5) is 0. The van der Waals surface area contributed by atoms with E-state index >= 15 is 0 Å². The topological polar surface area (TPSA) is 35.2 Å². The van der Waals surface area contributed by atoms with Crippen molar-refractivity contribution in [1.29, 1.82) is 0 Å². The molecule has 2 heteroatoms. The van der Waals surface area contributed by atoms with Crippen molar-refractivity contribution in [2.75, 3.05) is 0 Å². The molecule has 2 nitrogen and oxygen atoms in total. The fraction of sp³-hybridized carbons (Fsp3) is 0.385. The third kappa shape index (κ3) is 3.30. The van der Waals surface area contributed by atoms with Crippen molar-refractivity contribution in [2.45, 2.75) is 31.9 Å². The largest absolute Gasteiger partial charge is 0.490 e. The lowest BCUT2D eigenvalue weighted by Gasteiger charge is -2.03. The Hall–Kier alpha value is -1.46. The Morgan fingerprint density at radius 2 is 2.00 bits per heavy atom. The van der Waals surface area contributed by atoms with Gasteiger partial charge in [-0.05, 0) is 44.0 Å². The molecule has 1 fully saturated rings. The zero-order chi connectivity index (χ0) is 10.7. The van der Waals surface area contributed by atoms with E-state index in [4.69, 9.17) is 10.5 Å². The highest BCUT2D eigenvalue weighted by atomic mass is 16.5. The molecule has 15 heavy (non-hydrogen) atoms. The van der Waals surface area contributed by atoms with Crippen molar-refractivity contribution in [3.05, 3.63) is 29.8 Å². The number of benzene rings is 1. The van der Waals surface area contributed by atoms with E-state index in [2.05, 4.69) is 11.8 Å². The van der Waals surface area contributed by atoms with Crippen molar-refractivity contribution in [3.63, 3.8) is 0 Å². The van der Waals surface area contributed by atoms with Gasteiger partial charge in [0.1, 0.15) is 5.75 Å². The zero-order valence-corrected chi connectivity index (χ0v) is 8.86. The molecule has 0 bridgehead atoms. The van der Waals surface area contributed by atoms with Crippen LogP contribution in [0.1, 0.15) is 25.3 Å². The van der Waals surface area contributed by atoms with Crippen LogP contribution in [0.3, 0.4) is 0 Å². The first-order valence-electron chi connectivity index (χ1n) is 5.28. The molecule has 1 atom stereocenters. The molecule has 1 unspecified atom stereocenters. The Balaban J connectivity index is 2.00. The number of ether oxygens (including phenoxy) is 1. The van der Waals surface area contributed by atoms with Crippen LogP contribution < -0.4 is 10.5 Å². The average Bonchev–Trinajstić information content (AvgIpc) is 3.01. The van der Waals surface area contributed by atoms with Gasteiger partial charge in [-0.3, -0.25) is 0 Å². The van der Waals surface area contributed by atoms with Crippen molar-refractivity contribution < 1.29 is 4.74 Å². The fourth-order valence-corrected chi connectivity index (χ4v) is 1.19. The maximum atomic E-state index is 5.63. The van der Waals surface area contributed by atoms with Crippen molar-refractivity contribution in [1.82, 2.24) is 0 Å². The van der Waals surface area contributed by atoms with Crippen LogP contribution in [0.4, 0.5) is 0 Å². The molecule has 1 aliphatic rings. The molecule has 1 aromatic carbocycles. The minimum absolute atomic E-state index is 0.0765. The van der Waals surface area contributed by atoms with E-state index in [0.29, 0.717) is 6.10 Å². The van der Waals surface area contributed by atoms with Gasteiger partial charge in [0.2, 0.25) is 0 Å². The third-order valence-electron chi connectivity index (χ3n) is 2.13. The Bertz CT molecular complexity index is 379. The van der Waals surface area contributed by atoms with Crippen LogP contribution in [0.5, 0.6) is 5.75 Å². The van der Waals surface area contributed by atoms with Gasteiger partial charge in [0.15, 0.2) is 0 Å². The van der Waals surface area contributed by atoms with E-state index in [-0.39, 0.29) is 6.04 Å². The van der Waals surface area contributed by atoms with Gasteiger partial charge in [-0.15, -0.1) is 0 Å². The van der Waals surface area contributed by atoms with E-state index in [1.165, 1.54) is 12.8 Å². The molecule has 0 spiro atoms. The first-order valence-corrected chi connectivity index (χ1v) is 5.28. The lowest BCUT2D eigenvalue weighted by Crippen LogP contribution is -2.10. The first kappa shape index (κ1) is 10.1. The summed E-state index contributed by atoms with van der Waals surface area (Å²) in [5.41, 5.74) is 6.53. The number of hydrogen-bond acceptors (Lipinski definition) is 2. The van der Waals surface area contributed by atoms with Crippen molar-refractivity contribution in [3.8, 4) is 17.6 Å². The summed E-state index contributed by atoms with van der Waals surface area (Å²) in [7, 11) is 0. The minimum Gasteiger partial charge on any atom is -0.490 e. The Labute approximate surface area is 90.4 Å². The highest BCUT2D eigenvalue weighted by molar-refractivity contribution is 5.39. The first-order chi connectivity index (χ1) is 7.24. The Kier molecular flexibility index (Phi) is 2.94. The highest BCUT2D eigenvalue weighted by Crippen LogP contribution is 2.26. The molecule has 1 aliphatic carbocycles. The van der Waals surface area contributed by atoms with Gasteiger partial charge in [0, 0.05) is 5.56 Å².